The highest BCUT2D eigenvalue weighted by Crippen LogP contribution is 2.20. The van der Waals surface area contributed by atoms with E-state index in [9.17, 15) is 13.2 Å². The number of ether oxygens (including phenoxy) is 1. The van der Waals surface area contributed by atoms with E-state index in [-0.39, 0.29) is 5.69 Å². The van der Waals surface area contributed by atoms with E-state index in [1.165, 1.54) is 11.4 Å². The van der Waals surface area contributed by atoms with Crippen molar-refractivity contribution >= 4 is 21.8 Å². The number of esters is 1. The summed E-state index contributed by atoms with van der Waals surface area (Å²) in [6.07, 6.45) is 0.672. The van der Waals surface area contributed by atoms with Crippen LogP contribution in [-0.4, -0.2) is 62.2 Å². The molecule has 0 amide bonds. The van der Waals surface area contributed by atoms with Crippen LogP contribution < -0.4 is 4.90 Å². The Morgan fingerprint density at radius 3 is 2.37 bits per heavy atom. The van der Waals surface area contributed by atoms with Crippen LogP contribution in [0.2, 0.25) is 0 Å². The van der Waals surface area contributed by atoms with E-state index < -0.39 is 16.0 Å². The minimum atomic E-state index is -3.52. The van der Waals surface area contributed by atoms with Crippen LogP contribution in [-0.2, 0) is 14.8 Å². The Balaban J connectivity index is 1.71. The summed E-state index contributed by atoms with van der Waals surface area (Å²) in [4.78, 5) is 13.7. The van der Waals surface area contributed by atoms with Gasteiger partial charge in [-0.2, -0.15) is 4.31 Å². The van der Waals surface area contributed by atoms with Gasteiger partial charge in [-0.05, 0) is 37.6 Å². The standard InChI is InChI=1S/C18H22N4O4S/c1-14-4-6-15(7-5-14)27(24,25)22-11-3-10-21(12-13-22)17-9-8-16(19-20-17)18(23)26-2/h4-9H,3,10-13H2,1-2H3. The molecule has 1 aromatic carbocycles. The van der Waals surface area contributed by atoms with Gasteiger partial charge in [0.15, 0.2) is 11.5 Å². The minimum absolute atomic E-state index is 0.139. The molecule has 0 radical (unpaired) electrons. The van der Waals surface area contributed by atoms with Gasteiger partial charge in [-0.15, -0.1) is 10.2 Å². The number of anilines is 1. The first kappa shape index (κ1) is 19.2. The smallest absolute Gasteiger partial charge is 0.358 e. The van der Waals surface area contributed by atoms with Gasteiger partial charge in [0, 0.05) is 26.2 Å². The molecule has 0 saturated carbocycles. The largest absolute Gasteiger partial charge is 0.464 e. The Hall–Kier alpha value is -2.52. The number of hydrogen-bond donors (Lipinski definition) is 0. The highest BCUT2D eigenvalue weighted by molar-refractivity contribution is 7.89. The van der Waals surface area contributed by atoms with Crippen molar-refractivity contribution in [1.82, 2.24) is 14.5 Å². The van der Waals surface area contributed by atoms with Crippen molar-refractivity contribution in [2.45, 2.75) is 18.2 Å². The van der Waals surface area contributed by atoms with Crippen molar-refractivity contribution in [2.24, 2.45) is 0 Å². The molecule has 1 saturated heterocycles. The molecule has 1 aliphatic heterocycles. The van der Waals surface area contributed by atoms with Crippen LogP contribution in [0.3, 0.4) is 0 Å². The number of rotatable bonds is 4. The molecule has 0 bridgehead atoms. The molecule has 0 aliphatic carbocycles. The van der Waals surface area contributed by atoms with Crippen molar-refractivity contribution in [2.75, 3.05) is 38.2 Å². The van der Waals surface area contributed by atoms with E-state index in [1.807, 2.05) is 11.8 Å². The molecule has 0 atom stereocenters. The molecular formula is C18H22N4O4S. The van der Waals surface area contributed by atoms with E-state index >= 15 is 0 Å². The summed E-state index contributed by atoms with van der Waals surface area (Å²) in [7, 11) is -2.23. The Labute approximate surface area is 158 Å². The number of nitrogens with zero attached hydrogens (tertiary/aromatic N) is 4. The topological polar surface area (TPSA) is 92.7 Å². The number of benzene rings is 1. The highest BCUT2D eigenvalue weighted by atomic mass is 32.2. The van der Waals surface area contributed by atoms with Crippen LogP contribution in [0, 0.1) is 6.92 Å². The average Bonchev–Trinajstić information content (AvgIpc) is 2.94. The molecule has 2 heterocycles. The van der Waals surface area contributed by atoms with Gasteiger partial charge in [0.05, 0.1) is 12.0 Å². The molecule has 144 valence electrons. The number of hydrogen-bond acceptors (Lipinski definition) is 7. The first-order valence-corrected chi connectivity index (χ1v) is 10.1. The van der Waals surface area contributed by atoms with Gasteiger partial charge in [-0.25, -0.2) is 13.2 Å². The van der Waals surface area contributed by atoms with Crippen LogP contribution in [0.25, 0.3) is 0 Å². The molecule has 8 nitrogen and oxygen atoms in total. The quantitative estimate of drug-likeness (QED) is 0.730. The lowest BCUT2D eigenvalue weighted by molar-refractivity contribution is 0.0592. The normalized spacial score (nSPS) is 16.0. The monoisotopic (exact) mass is 390 g/mol. The SMILES string of the molecule is COC(=O)c1ccc(N2CCCN(S(=O)(=O)c3ccc(C)cc3)CC2)nn1. The third kappa shape index (κ3) is 4.25. The fourth-order valence-corrected chi connectivity index (χ4v) is 4.40. The van der Waals surface area contributed by atoms with Gasteiger partial charge in [-0.1, -0.05) is 17.7 Å². The fourth-order valence-electron chi connectivity index (χ4n) is 2.93. The first-order valence-electron chi connectivity index (χ1n) is 8.65. The van der Waals surface area contributed by atoms with E-state index in [2.05, 4.69) is 14.9 Å². The molecule has 0 unspecified atom stereocenters. The summed E-state index contributed by atoms with van der Waals surface area (Å²) < 4.78 is 31.9. The first-order chi connectivity index (χ1) is 12.9. The van der Waals surface area contributed by atoms with Gasteiger partial charge in [0.25, 0.3) is 0 Å². The molecule has 0 spiro atoms. The summed E-state index contributed by atoms with van der Waals surface area (Å²) in [5.41, 5.74) is 1.16. The van der Waals surface area contributed by atoms with Gasteiger partial charge < -0.3 is 9.64 Å². The van der Waals surface area contributed by atoms with E-state index in [0.29, 0.717) is 43.3 Å². The van der Waals surface area contributed by atoms with Crippen molar-refractivity contribution in [1.29, 1.82) is 0 Å². The molecule has 1 aliphatic rings. The summed E-state index contributed by atoms with van der Waals surface area (Å²) >= 11 is 0. The van der Waals surface area contributed by atoms with Crippen molar-refractivity contribution < 1.29 is 17.9 Å². The molecular weight excluding hydrogens is 368 g/mol. The number of aromatic nitrogens is 2. The van der Waals surface area contributed by atoms with Crippen LogP contribution in [0.5, 0.6) is 0 Å². The van der Waals surface area contributed by atoms with E-state index in [1.54, 1.807) is 36.4 Å². The summed E-state index contributed by atoms with van der Waals surface area (Å²) in [6.45, 7) is 3.88. The predicted octanol–water partition coefficient (Wildman–Crippen LogP) is 1.47. The second-order valence-electron chi connectivity index (χ2n) is 6.33. The maximum absolute atomic E-state index is 12.9. The van der Waals surface area contributed by atoms with Gasteiger partial charge in [0.1, 0.15) is 0 Å². The lowest BCUT2D eigenvalue weighted by Crippen LogP contribution is -2.35. The van der Waals surface area contributed by atoms with Crippen LogP contribution in [0.15, 0.2) is 41.3 Å². The Kier molecular flexibility index (Phi) is 5.71. The molecule has 0 N–H and O–H groups in total. The molecule has 27 heavy (non-hydrogen) atoms. The zero-order valence-corrected chi connectivity index (χ0v) is 16.1. The van der Waals surface area contributed by atoms with Gasteiger partial charge in [-0.3, -0.25) is 0 Å². The molecule has 3 rings (SSSR count). The highest BCUT2D eigenvalue weighted by Gasteiger charge is 2.27. The Morgan fingerprint density at radius 2 is 1.74 bits per heavy atom. The second kappa shape index (κ2) is 8.01. The van der Waals surface area contributed by atoms with Gasteiger partial charge >= 0.3 is 5.97 Å². The summed E-state index contributed by atoms with van der Waals surface area (Å²) in [6, 6.07) is 10.1. The predicted molar refractivity (Wildman–Crippen MR) is 100 cm³/mol. The maximum atomic E-state index is 12.9. The number of methoxy groups -OCH3 is 1. The number of aryl methyl sites for hydroxylation is 1. The van der Waals surface area contributed by atoms with Gasteiger partial charge in [0.2, 0.25) is 10.0 Å². The molecule has 2 aromatic rings. The summed E-state index contributed by atoms with van der Waals surface area (Å²) in [5, 5.41) is 7.96. The fraction of sp³-hybridized carbons (Fsp3) is 0.389. The van der Waals surface area contributed by atoms with Crippen molar-refractivity contribution in [3.05, 3.63) is 47.7 Å². The van der Waals surface area contributed by atoms with Crippen LogP contribution in [0.4, 0.5) is 5.82 Å². The van der Waals surface area contributed by atoms with Crippen molar-refractivity contribution in [3.63, 3.8) is 0 Å². The second-order valence-corrected chi connectivity index (χ2v) is 8.26. The Morgan fingerprint density at radius 1 is 1.00 bits per heavy atom. The molecule has 9 heteroatoms. The third-order valence-corrected chi connectivity index (χ3v) is 6.40. The average molecular weight is 390 g/mol. The molecule has 1 fully saturated rings. The lowest BCUT2D eigenvalue weighted by atomic mass is 10.2. The number of sulfonamides is 1. The zero-order valence-electron chi connectivity index (χ0n) is 15.3. The molecule has 1 aromatic heterocycles. The van der Waals surface area contributed by atoms with Crippen LogP contribution >= 0.6 is 0 Å². The number of carbonyl (C=O) groups is 1. The maximum Gasteiger partial charge on any atom is 0.358 e. The summed E-state index contributed by atoms with van der Waals surface area (Å²) in [5.74, 6) is 0.0671. The Bertz CT molecular complexity index is 898. The lowest BCUT2D eigenvalue weighted by Gasteiger charge is -2.22. The van der Waals surface area contributed by atoms with E-state index in [0.717, 1.165) is 5.56 Å². The van der Waals surface area contributed by atoms with Crippen molar-refractivity contribution in [3.8, 4) is 0 Å². The zero-order chi connectivity index (χ0) is 19.4. The minimum Gasteiger partial charge on any atom is -0.464 e. The number of carbonyl (C=O) groups excluding carboxylic acids is 1. The van der Waals surface area contributed by atoms with E-state index in [4.69, 9.17) is 0 Å². The van der Waals surface area contributed by atoms with Crippen LogP contribution in [0.1, 0.15) is 22.5 Å². The third-order valence-electron chi connectivity index (χ3n) is 4.48.